The number of aromatic amines is 1. The summed E-state index contributed by atoms with van der Waals surface area (Å²) < 4.78 is 0. The SMILES string of the molecule is c1ccc2c(c1)Cc1c-2ccc2ccc3cc[nH]c3c12. The first-order valence-corrected chi connectivity index (χ1v) is 7.02. The van der Waals surface area contributed by atoms with Crippen molar-refractivity contribution in [1.29, 1.82) is 0 Å². The maximum Gasteiger partial charge on any atom is 0.0536 e. The quantitative estimate of drug-likeness (QED) is 0.405. The Morgan fingerprint density at radius 3 is 2.60 bits per heavy atom. The van der Waals surface area contributed by atoms with Gasteiger partial charge in [-0.2, -0.15) is 0 Å². The van der Waals surface area contributed by atoms with Gasteiger partial charge in [-0.1, -0.05) is 48.5 Å². The number of aromatic nitrogens is 1. The Labute approximate surface area is 116 Å². The third-order valence-electron chi connectivity index (χ3n) is 4.49. The van der Waals surface area contributed by atoms with E-state index < -0.39 is 0 Å². The number of benzene rings is 3. The number of rotatable bonds is 0. The van der Waals surface area contributed by atoms with Crippen LogP contribution < -0.4 is 0 Å². The van der Waals surface area contributed by atoms with Crippen molar-refractivity contribution in [3.8, 4) is 11.1 Å². The molecule has 0 bridgehead atoms. The van der Waals surface area contributed by atoms with Gasteiger partial charge in [-0.05, 0) is 40.1 Å². The van der Waals surface area contributed by atoms with Crippen molar-refractivity contribution in [2.45, 2.75) is 6.42 Å². The molecule has 0 atom stereocenters. The zero-order valence-corrected chi connectivity index (χ0v) is 11.0. The standard InChI is InChI=1S/C19H13N/c1-2-4-15-14(3-1)11-17-16(15)8-7-12-5-6-13-9-10-20-19(13)18(12)17/h1-10,20H,11H2. The lowest BCUT2D eigenvalue weighted by Crippen LogP contribution is -1.86. The monoisotopic (exact) mass is 255 g/mol. The third-order valence-corrected chi connectivity index (χ3v) is 4.49. The highest BCUT2D eigenvalue weighted by Gasteiger charge is 2.21. The van der Waals surface area contributed by atoms with Crippen LogP contribution in [0.15, 0.2) is 60.8 Å². The minimum absolute atomic E-state index is 1.04. The van der Waals surface area contributed by atoms with E-state index in [4.69, 9.17) is 0 Å². The molecule has 0 saturated heterocycles. The fourth-order valence-corrected chi connectivity index (χ4v) is 3.58. The van der Waals surface area contributed by atoms with Gasteiger partial charge < -0.3 is 4.98 Å². The summed E-state index contributed by atoms with van der Waals surface area (Å²) in [4.78, 5) is 3.42. The topological polar surface area (TPSA) is 15.8 Å². The summed E-state index contributed by atoms with van der Waals surface area (Å²) in [6, 6.07) is 19.9. The molecule has 0 unspecified atom stereocenters. The fourth-order valence-electron chi connectivity index (χ4n) is 3.58. The van der Waals surface area contributed by atoms with E-state index in [1.54, 1.807) is 0 Å². The lowest BCUT2D eigenvalue weighted by molar-refractivity contribution is 1.28. The zero-order valence-electron chi connectivity index (χ0n) is 11.0. The van der Waals surface area contributed by atoms with Crippen LogP contribution in [0, 0.1) is 0 Å². The second-order valence-electron chi connectivity index (χ2n) is 5.53. The van der Waals surface area contributed by atoms with Gasteiger partial charge in [0.1, 0.15) is 0 Å². The molecule has 94 valence electrons. The highest BCUT2D eigenvalue weighted by atomic mass is 14.7. The summed E-state index contributed by atoms with van der Waals surface area (Å²) in [6.07, 6.45) is 3.08. The molecule has 1 nitrogen and oxygen atoms in total. The Morgan fingerprint density at radius 2 is 1.60 bits per heavy atom. The maximum absolute atomic E-state index is 3.42. The van der Waals surface area contributed by atoms with E-state index in [1.807, 2.05) is 6.20 Å². The molecule has 0 fully saturated rings. The molecular formula is C19H13N. The highest BCUT2D eigenvalue weighted by Crippen LogP contribution is 2.41. The summed E-state index contributed by atoms with van der Waals surface area (Å²) in [6.45, 7) is 0. The fraction of sp³-hybridized carbons (Fsp3) is 0.0526. The molecule has 4 aromatic rings. The second kappa shape index (κ2) is 3.51. The van der Waals surface area contributed by atoms with Crippen LogP contribution in [0.2, 0.25) is 0 Å². The molecule has 1 heteroatoms. The average Bonchev–Trinajstić information content (AvgIpc) is 3.10. The minimum atomic E-state index is 1.04. The van der Waals surface area contributed by atoms with Gasteiger partial charge in [0.2, 0.25) is 0 Å². The molecule has 1 N–H and O–H groups in total. The van der Waals surface area contributed by atoms with E-state index >= 15 is 0 Å². The normalized spacial score (nSPS) is 12.8. The average molecular weight is 255 g/mol. The molecule has 0 amide bonds. The molecule has 0 spiro atoms. The smallest absolute Gasteiger partial charge is 0.0536 e. The van der Waals surface area contributed by atoms with Gasteiger partial charge in [-0.25, -0.2) is 0 Å². The number of hydrogen-bond donors (Lipinski definition) is 1. The summed E-state index contributed by atoms with van der Waals surface area (Å²) in [5.74, 6) is 0. The number of nitrogens with one attached hydrogen (secondary N) is 1. The molecule has 1 aliphatic rings. The van der Waals surface area contributed by atoms with Crippen molar-refractivity contribution in [2.24, 2.45) is 0 Å². The van der Waals surface area contributed by atoms with Crippen LogP contribution in [0.1, 0.15) is 11.1 Å². The summed E-state index contributed by atoms with van der Waals surface area (Å²) in [5.41, 5.74) is 6.98. The first-order valence-electron chi connectivity index (χ1n) is 7.02. The molecule has 0 saturated carbocycles. The van der Waals surface area contributed by atoms with Crippen molar-refractivity contribution in [1.82, 2.24) is 4.98 Å². The number of hydrogen-bond acceptors (Lipinski definition) is 0. The van der Waals surface area contributed by atoms with Crippen molar-refractivity contribution in [3.05, 3.63) is 71.9 Å². The largest absolute Gasteiger partial charge is 0.361 e. The predicted molar refractivity (Wildman–Crippen MR) is 84.0 cm³/mol. The Bertz CT molecular complexity index is 976. The zero-order chi connectivity index (χ0) is 13.1. The lowest BCUT2D eigenvalue weighted by atomic mass is 9.97. The first kappa shape index (κ1) is 10.3. The first-order chi connectivity index (χ1) is 9.92. The van der Waals surface area contributed by atoms with Crippen LogP contribution in [-0.4, -0.2) is 4.98 Å². The van der Waals surface area contributed by atoms with Gasteiger partial charge >= 0.3 is 0 Å². The molecule has 1 aliphatic carbocycles. The highest BCUT2D eigenvalue weighted by molar-refractivity contribution is 6.10. The Balaban J connectivity index is 1.98. The Hall–Kier alpha value is -2.54. The molecule has 5 rings (SSSR count). The van der Waals surface area contributed by atoms with Crippen LogP contribution in [-0.2, 0) is 6.42 Å². The van der Waals surface area contributed by atoms with Gasteiger partial charge in [0.05, 0.1) is 5.52 Å². The van der Waals surface area contributed by atoms with Crippen molar-refractivity contribution in [2.75, 3.05) is 0 Å². The molecular weight excluding hydrogens is 242 g/mol. The van der Waals surface area contributed by atoms with E-state index in [0.29, 0.717) is 0 Å². The van der Waals surface area contributed by atoms with E-state index in [2.05, 4.69) is 59.6 Å². The van der Waals surface area contributed by atoms with Crippen LogP contribution >= 0.6 is 0 Å². The van der Waals surface area contributed by atoms with Crippen LogP contribution in [0.4, 0.5) is 0 Å². The van der Waals surface area contributed by atoms with Gasteiger partial charge in [0.15, 0.2) is 0 Å². The van der Waals surface area contributed by atoms with Gasteiger partial charge in [0, 0.05) is 17.0 Å². The predicted octanol–water partition coefficient (Wildman–Crippen LogP) is 4.89. The van der Waals surface area contributed by atoms with Crippen molar-refractivity contribution in [3.63, 3.8) is 0 Å². The van der Waals surface area contributed by atoms with E-state index in [-0.39, 0.29) is 0 Å². The summed E-state index contributed by atoms with van der Waals surface area (Å²) >= 11 is 0. The third kappa shape index (κ3) is 1.17. The minimum Gasteiger partial charge on any atom is -0.361 e. The van der Waals surface area contributed by atoms with Crippen LogP contribution in [0.3, 0.4) is 0 Å². The van der Waals surface area contributed by atoms with Crippen molar-refractivity contribution >= 4 is 21.7 Å². The number of fused-ring (bicyclic) bond motifs is 7. The van der Waals surface area contributed by atoms with Gasteiger partial charge in [-0.3, -0.25) is 0 Å². The van der Waals surface area contributed by atoms with E-state index in [9.17, 15) is 0 Å². The van der Waals surface area contributed by atoms with E-state index in [1.165, 1.54) is 43.9 Å². The molecule has 0 aliphatic heterocycles. The molecule has 0 radical (unpaired) electrons. The Kier molecular flexibility index (Phi) is 1.80. The lowest BCUT2D eigenvalue weighted by Gasteiger charge is -2.07. The van der Waals surface area contributed by atoms with Gasteiger partial charge in [0.25, 0.3) is 0 Å². The Morgan fingerprint density at radius 1 is 0.750 bits per heavy atom. The van der Waals surface area contributed by atoms with Crippen LogP contribution in [0.25, 0.3) is 32.8 Å². The molecule has 20 heavy (non-hydrogen) atoms. The van der Waals surface area contributed by atoms with Crippen LogP contribution in [0.5, 0.6) is 0 Å². The van der Waals surface area contributed by atoms with Gasteiger partial charge in [-0.15, -0.1) is 0 Å². The van der Waals surface area contributed by atoms with E-state index in [0.717, 1.165) is 6.42 Å². The summed E-state index contributed by atoms with van der Waals surface area (Å²) in [5, 5.41) is 4.01. The van der Waals surface area contributed by atoms with Crippen molar-refractivity contribution < 1.29 is 0 Å². The molecule has 1 aromatic heterocycles. The summed E-state index contributed by atoms with van der Waals surface area (Å²) in [7, 11) is 0. The number of H-pyrrole nitrogens is 1. The maximum atomic E-state index is 3.42. The molecule has 1 heterocycles. The second-order valence-corrected chi connectivity index (χ2v) is 5.53. The molecule has 3 aromatic carbocycles.